The number of fused-ring (bicyclic) bond motifs is 1. The van der Waals surface area contributed by atoms with Crippen LogP contribution in [-0.2, 0) is 11.3 Å². The first kappa shape index (κ1) is 28.8. The zero-order chi connectivity index (χ0) is 29.1. The number of nitrogens with one attached hydrogen (secondary N) is 2. The number of anilines is 1. The Labute approximate surface area is 244 Å². The molecule has 4 aromatic rings. The van der Waals surface area contributed by atoms with Gasteiger partial charge in [-0.1, -0.05) is 33.4 Å². The van der Waals surface area contributed by atoms with Gasteiger partial charge in [-0.15, -0.1) is 11.3 Å². The summed E-state index contributed by atoms with van der Waals surface area (Å²) in [5.41, 5.74) is 3.09. The van der Waals surface area contributed by atoms with Gasteiger partial charge in [-0.05, 0) is 67.5 Å². The number of thiophene rings is 1. The van der Waals surface area contributed by atoms with Crippen LogP contribution in [0.5, 0.6) is 0 Å². The second kappa shape index (κ2) is 12.0. The van der Waals surface area contributed by atoms with E-state index in [0.717, 1.165) is 47.3 Å². The fourth-order valence-electron chi connectivity index (χ4n) is 5.07. The number of imidazole rings is 1. The topological polar surface area (TPSA) is 105 Å². The third-order valence-electron chi connectivity index (χ3n) is 7.94. The molecule has 0 radical (unpaired) electrons. The molecular formula is C31H38N6O3S. The minimum absolute atomic E-state index is 0.0449. The molecule has 216 valence electrons. The summed E-state index contributed by atoms with van der Waals surface area (Å²) < 4.78 is 7.54. The number of likely N-dealkylation sites (tertiary alicyclic amines) is 1. The minimum Gasteiger partial charge on any atom is -0.443 e. The molecule has 2 N–H and O–H groups in total. The minimum atomic E-state index is -0.227. The summed E-state index contributed by atoms with van der Waals surface area (Å²) in [7, 11) is 0. The lowest BCUT2D eigenvalue weighted by Crippen LogP contribution is -2.37. The van der Waals surface area contributed by atoms with E-state index in [1.54, 1.807) is 12.3 Å². The highest BCUT2D eigenvalue weighted by atomic mass is 32.1. The van der Waals surface area contributed by atoms with Gasteiger partial charge in [-0.25, -0.2) is 9.97 Å². The van der Waals surface area contributed by atoms with Gasteiger partial charge in [0, 0.05) is 31.7 Å². The highest BCUT2D eigenvalue weighted by Crippen LogP contribution is 2.33. The average molecular weight is 575 g/mol. The van der Waals surface area contributed by atoms with Gasteiger partial charge in [0.2, 0.25) is 11.9 Å². The summed E-state index contributed by atoms with van der Waals surface area (Å²) in [6.45, 7) is 14.6. The number of hydrogen-bond acceptors (Lipinski definition) is 7. The summed E-state index contributed by atoms with van der Waals surface area (Å²) >= 11 is 1.34. The smallest absolute Gasteiger partial charge is 0.268 e. The van der Waals surface area contributed by atoms with Crippen LogP contribution >= 0.6 is 11.3 Å². The van der Waals surface area contributed by atoms with E-state index in [1.807, 2.05) is 11.0 Å². The molecule has 0 unspecified atom stereocenters. The number of benzene rings is 1. The van der Waals surface area contributed by atoms with Crippen LogP contribution in [0.1, 0.15) is 68.2 Å². The van der Waals surface area contributed by atoms with Crippen LogP contribution in [0.3, 0.4) is 0 Å². The molecule has 1 aromatic carbocycles. The third-order valence-corrected chi connectivity index (χ3v) is 9.04. The standard InChI is InChI=1S/C31H38N6O3S/c1-6-28(38)36-14-7-8-22(13-15-36)37-24-10-9-21(17-33-20(2)31(3,4)5)16-23(24)34-30(37)35-29(39)27-12-11-26(41-27)25-18-32-19-40-25/h6,9-12,16,18-20,22,33H,1,7-8,13-15,17H2,2-5H3,(H,34,35,39)/t20-,22+/m0/s1. The van der Waals surface area contributed by atoms with Crippen LogP contribution in [0, 0.1) is 5.41 Å². The maximum absolute atomic E-state index is 13.4. The largest absolute Gasteiger partial charge is 0.443 e. The lowest BCUT2D eigenvalue weighted by molar-refractivity contribution is -0.125. The number of amides is 2. The summed E-state index contributed by atoms with van der Waals surface area (Å²) in [5, 5.41) is 6.72. The summed E-state index contributed by atoms with van der Waals surface area (Å²) in [5.74, 6) is 0.869. The monoisotopic (exact) mass is 574 g/mol. The summed E-state index contributed by atoms with van der Waals surface area (Å²) in [6.07, 6.45) is 6.87. The number of hydrogen-bond donors (Lipinski definition) is 2. The van der Waals surface area contributed by atoms with Crippen molar-refractivity contribution in [3.05, 3.63) is 66.0 Å². The SMILES string of the molecule is C=CC(=O)N1CCC[C@@H](n2c(NC(=O)c3ccc(-c4cnco4)s3)nc3cc(CN[C@@H](C)C(C)(C)C)ccc32)CC1. The summed E-state index contributed by atoms with van der Waals surface area (Å²) in [4.78, 5) is 37.9. The van der Waals surface area contributed by atoms with Crippen molar-refractivity contribution < 1.29 is 14.0 Å². The first-order valence-electron chi connectivity index (χ1n) is 14.1. The molecule has 1 fully saturated rings. The molecule has 3 aromatic heterocycles. The van der Waals surface area contributed by atoms with E-state index in [-0.39, 0.29) is 23.3 Å². The fourth-order valence-corrected chi connectivity index (χ4v) is 5.92. The molecule has 0 bridgehead atoms. The lowest BCUT2D eigenvalue weighted by atomic mass is 9.88. The molecule has 5 rings (SSSR count). The van der Waals surface area contributed by atoms with Crippen LogP contribution in [-0.4, -0.2) is 50.4 Å². The van der Waals surface area contributed by atoms with Crippen molar-refractivity contribution in [3.8, 4) is 10.6 Å². The molecule has 1 aliphatic heterocycles. The van der Waals surface area contributed by atoms with Crippen molar-refractivity contribution in [2.45, 2.75) is 65.6 Å². The molecule has 10 heteroatoms. The van der Waals surface area contributed by atoms with Gasteiger partial charge in [-0.2, -0.15) is 0 Å². The van der Waals surface area contributed by atoms with Gasteiger partial charge in [-0.3, -0.25) is 14.9 Å². The Kier molecular flexibility index (Phi) is 8.42. The van der Waals surface area contributed by atoms with Gasteiger partial charge < -0.3 is 19.2 Å². The number of nitrogens with zero attached hydrogens (tertiary/aromatic N) is 4. The normalized spacial score (nSPS) is 16.9. The lowest BCUT2D eigenvalue weighted by Gasteiger charge is -2.28. The first-order valence-corrected chi connectivity index (χ1v) is 14.9. The average Bonchev–Trinajstić information content (AvgIpc) is 3.68. The van der Waals surface area contributed by atoms with Crippen molar-refractivity contribution in [2.75, 3.05) is 18.4 Å². The van der Waals surface area contributed by atoms with Crippen molar-refractivity contribution >= 4 is 40.1 Å². The molecule has 0 spiro atoms. The predicted octanol–water partition coefficient (Wildman–Crippen LogP) is 6.27. The van der Waals surface area contributed by atoms with Crippen LogP contribution < -0.4 is 10.6 Å². The summed E-state index contributed by atoms with van der Waals surface area (Å²) in [6, 6.07) is 10.4. The van der Waals surface area contributed by atoms with E-state index < -0.39 is 0 Å². The molecule has 9 nitrogen and oxygen atoms in total. The predicted molar refractivity (Wildman–Crippen MR) is 163 cm³/mol. The molecule has 41 heavy (non-hydrogen) atoms. The number of aromatic nitrogens is 3. The molecule has 1 aliphatic rings. The maximum Gasteiger partial charge on any atom is 0.268 e. The molecule has 0 aliphatic carbocycles. The first-order chi connectivity index (χ1) is 19.6. The number of oxazole rings is 1. The zero-order valence-corrected chi connectivity index (χ0v) is 25.0. The Balaban J connectivity index is 1.44. The molecule has 1 saturated heterocycles. The number of carbonyl (C=O) groups excluding carboxylic acids is 2. The van der Waals surface area contributed by atoms with E-state index in [4.69, 9.17) is 9.40 Å². The second-order valence-corrected chi connectivity index (χ2v) is 12.8. The van der Waals surface area contributed by atoms with Gasteiger partial charge in [0.25, 0.3) is 5.91 Å². The fraction of sp³-hybridized carbons (Fsp3) is 0.419. The van der Waals surface area contributed by atoms with Crippen molar-refractivity contribution in [1.29, 1.82) is 0 Å². The Hall–Kier alpha value is -3.76. The molecule has 4 heterocycles. The van der Waals surface area contributed by atoms with Gasteiger partial charge in [0.05, 0.1) is 27.0 Å². The van der Waals surface area contributed by atoms with Crippen molar-refractivity contribution in [3.63, 3.8) is 0 Å². The van der Waals surface area contributed by atoms with Gasteiger partial charge in [0.15, 0.2) is 12.2 Å². The molecule has 2 amide bonds. The van der Waals surface area contributed by atoms with E-state index in [0.29, 0.717) is 35.7 Å². The third kappa shape index (κ3) is 6.44. The van der Waals surface area contributed by atoms with Gasteiger partial charge >= 0.3 is 0 Å². The Morgan fingerprint density at radius 2 is 2.05 bits per heavy atom. The van der Waals surface area contributed by atoms with E-state index in [1.165, 1.54) is 23.8 Å². The zero-order valence-electron chi connectivity index (χ0n) is 24.1. The Bertz CT molecular complexity index is 1530. The number of carbonyl (C=O) groups is 2. The maximum atomic E-state index is 13.4. The Morgan fingerprint density at radius 3 is 2.78 bits per heavy atom. The Morgan fingerprint density at radius 1 is 1.22 bits per heavy atom. The van der Waals surface area contributed by atoms with E-state index >= 15 is 0 Å². The van der Waals surface area contributed by atoms with Gasteiger partial charge in [0.1, 0.15) is 0 Å². The van der Waals surface area contributed by atoms with Crippen LogP contribution in [0.2, 0.25) is 0 Å². The van der Waals surface area contributed by atoms with E-state index in [2.05, 4.69) is 72.7 Å². The molecule has 2 atom stereocenters. The van der Waals surface area contributed by atoms with Crippen LogP contribution in [0.25, 0.3) is 21.7 Å². The van der Waals surface area contributed by atoms with Crippen LogP contribution in [0.4, 0.5) is 5.95 Å². The highest BCUT2D eigenvalue weighted by Gasteiger charge is 2.26. The van der Waals surface area contributed by atoms with E-state index in [9.17, 15) is 9.59 Å². The van der Waals surface area contributed by atoms with Crippen molar-refractivity contribution in [1.82, 2.24) is 24.8 Å². The quantitative estimate of drug-likeness (QED) is 0.240. The number of rotatable bonds is 8. The second-order valence-electron chi connectivity index (χ2n) is 11.7. The molecule has 0 saturated carbocycles. The highest BCUT2D eigenvalue weighted by molar-refractivity contribution is 7.17. The van der Waals surface area contributed by atoms with Crippen molar-refractivity contribution in [2.24, 2.45) is 5.41 Å². The van der Waals surface area contributed by atoms with Crippen LogP contribution in [0.15, 0.2) is 60.0 Å². The molecular weight excluding hydrogens is 536 g/mol.